The zero-order valence-electron chi connectivity index (χ0n) is 11.4. The van der Waals surface area contributed by atoms with E-state index in [2.05, 4.69) is 43.2 Å². The van der Waals surface area contributed by atoms with E-state index in [1.54, 1.807) is 4.52 Å². The topological polar surface area (TPSA) is 54.7 Å². The Balaban J connectivity index is 1.63. The SMILES string of the molecule is CCN1CCOC(CNc2nc3c(Br)cccn3n2)C1. The van der Waals surface area contributed by atoms with Crippen LogP contribution in [-0.2, 0) is 4.74 Å². The summed E-state index contributed by atoms with van der Waals surface area (Å²) in [5, 5.41) is 7.65. The number of halogens is 1. The summed E-state index contributed by atoms with van der Waals surface area (Å²) in [6.07, 6.45) is 2.08. The van der Waals surface area contributed by atoms with E-state index >= 15 is 0 Å². The maximum Gasteiger partial charge on any atom is 0.243 e. The number of pyridine rings is 1. The molecule has 0 aliphatic carbocycles. The van der Waals surface area contributed by atoms with E-state index in [1.807, 2.05) is 18.3 Å². The van der Waals surface area contributed by atoms with E-state index in [4.69, 9.17) is 4.74 Å². The van der Waals surface area contributed by atoms with Gasteiger partial charge in [-0.25, -0.2) is 4.52 Å². The van der Waals surface area contributed by atoms with Gasteiger partial charge in [0, 0.05) is 25.8 Å². The van der Waals surface area contributed by atoms with Crippen LogP contribution in [0.25, 0.3) is 5.65 Å². The van der Waals surface area contributed by atoms with Gasteiger partial charge >= 0.3 is 0 Å². The Bertz CT molecular complexity index is 587. The number of hydrogen-bond donors (Lipinski definition) is 1. The molecule has 0 amide bonds. The molecule has 1 atom stereocenters. The van der Waals surface area contributed by atoms with Crippen molar-refractivity contribution in [2.45, 2.75) is 13.0 Å². The van der Waals surface area contributed by atoms with Crippen LogP contribution in [0.2, 0.25) is 0 Å². The van der Waals surface area contributed by atoms with E-state index in [0.29, 0.717) is 5.95 Å². The molecule has 6 nitrogen and oxygen atoms in total. The highest BCUT2D eigenvalue weighted by molar-refractivity contribution is 9.10. The second kappa shape index (κ2) is 6.07. The van der Waals surface area contributed by atoms with Gasteiger partial charge in [0.2, 0.25) is 5.95 Å². The predicted molar refractivity (Wildman–Crippen MR) is 81.0 cm³/mol. The standard InChI is InChI=1S/C13H18BrN5O/c1-2-18-6-7-20-10(9-18)8-15-13-16-12-11(14)4-3-5-19(12)17-13/h3-5,10H,2,6-9H2,1H3,(H,15,17). The second-order valence-electron chi connectivity index (χ2n) is 4.83. The molecule has 1 aliphatic rings. The Morgan fingerprint density at radius 2 is 2.45 bits per heavy atom. The van der Waals surface area contributed by atoms with E-state index in [9.17, 15) is 0 Å². The summed E-state index contributed by atoms with van der Waals surface area (Å²) < 4.78 is 8.45. The summed E-state index contributed by atoms with van der Waals surface area (Å²) >= 11 is 3.47. The average molecular weight is 340 g/mol. The minimum atomic E-state index is 0.193. The summed E-state index contributed by atoms with van der Waals surface area (Å²) in [5.74, 6) is 0.633. The quantitative estimate of drug-likeness (QED) is 0.917. The normalized spacial score (nSPS) is 20.4. The predicted octanol–water partition coefficient (Wildman–Crippen LogP) is 1.62. The van der Waals surface area contributed by atoms with Crippen LogP contribution in [0.3, 0.4) is 0 Å². The first-order valence-corrected chi connectivity index (χ1v) is 7.64. The number of morpholine rings is 1. The first kappa shape index (κ1) is 13.8. The van der Waals surface area contributed by atoms with Gasteiger partial charge in [0.1, 0.15) is 0 Å². The minimum absolute atomic E-state index is 0.193. The van der Waals surface area contributed by atoms with Crippen LogP contribution in [0.5, 0.6) is 0 Å². The molecular weight excluding hydrogens is 322 g/mol. The lowest BCUT2D eigenvalue weighted by molar-refractivity contribution is -0.0192. The summed E-state index contributed by atoms with van der Waals surface area (Å²) in [6, 6.07) is 3.89. The molecule has 1 unspecified atom stereocenters. The lowest BCUT2D eigenvalue weighted by Crippen LogP contribution is -2.45. The van der Waals surface area contributed by atoms with Crippen LogP contribution < -0.4 is 5.32 Å². The van der Waals surface area contributed by atoms with Crippen LogP contribution in [0.4, 0.5) is 5.95 Å². The van der Waals surface area contributed by atoms with Crippen molar-refractivity contribution < 1.29 is 4.74 Å². The van der Waals surface area contributed by atoms with Crippen molar-refractivity contribution in [3.63, 3.8) is 0 Å². The molecule has 1 fully saturated rings. The van der Waals surface area contributed by atoms with E-state index in [0.717, 1.165) is 42.9 Å². The third-order valence-electron chi connectivity index (χ3n) is 3.47. The van der Waals surface area contributed by atoms with E-state index < -0.39 is 0 Å². The van der Waals surface area contributed by atoms with Crippen molar-refractivity contribution in [1.82, 2.24) is 19.5 Å². The number of ether oxygens (including phenoxy) is 1. The van der Waals surface area contributed by atoms with Crippen molar-refractivity contribution in [2.24, 2.45) is 0 Å². The molecule has 3 heterocycles. The summed E-state index contributed by atoms with van der Waals surface area (Å²) in [7, 11) is 0. The van der Waals surface area contributed by atoms with Crippen LogP contribution >= 0.6 is 15.9 Å². The largest absolute Gasteiger partial charge is 0.374 e. The van der Waals surface area contributed by atoms with Gasteiger partial charge in [-0.15, -0.1) is 5.10 Å². The number of hydrogen-bond acceptors (Lipinski definition) is 5. The molecule has 2 aromatic heterocycles. The maximum atomic E-state index is 5.75. The fraction of sp³-hybridized carbons (Fsp3) is 0.538. The highest BCUT2D eigenvalue weighted by Crippen LogP contribution is 2.17. The fourth-order valence-electron chi connectivity index (χ4n) is 2.34. The number of likely N-dealkylation sites (N-methyl/N-ethyl adjacent to an activating group) is 1. The van der Waals surface area contributed by atoms with Gasteiger partial charge in [-0.1, -0.05) is 6.92 Å². The molecule has 0 radical (unpaired) electrons. The molecule has 1 saturated heterocycles. The zero-order valence-corrected chi connectivity index (χ0v) is 13.0. The highest BCUT2D eigenvalue weighted by atomic mass is 79.9. The van der Waals surface area contributed by atoms with Gasteiger partial charge < -0.3 is 10.1 Å². The Kier molecular flexibility index (Phi) is 4.18. The monoisotopic (exact) mass is 339 g/mol. The van der Waals surface area contributed by atoms with E-state index in [-0.39, 0.29) is 6.10 Å². The highest BCUT2D eigenvalue weighted by Gasteiger charge is 2.19. The van der Waals surface area contributed by atoms with Gasteiger partial charge in [-0.05, 0) is 34.6 Å². The molecule has 0 spiro atoms. The maximum absolute atomic E-state index is 5.75. The molecule has 1 aliphatic heterocycles. The van der Waals surface area contributed by atoms with Gasteiger partial charge in [0.05, 0.1) is 17.2 Å². The van der Waals surface area contributed by atoms with Crippen LogP contribution in [0, 0.1) is 0 Å². The third-order valence-corrected chi connectivity index (χ3v) is 4.09. The van der Waals surface area contributed by atoms with Gasteiger partial charge in [-0.2, -0.15) is 4.98 Å². The van der Waals surface area contributed by atoms with Gasteiger partial charge in [-0.3, -0.25) is 4.90 Å². The molecule has 1 N–H and O–H groups in total. The van der Waals surface area contributed by atoms with Gasteiger partial charge in [0.25, 0.3) is 0 Å². The lowest BCUT2D eigenvalue weighted by Gasteiger charge is -2.31. The molecule has 0 saturated carbocycles. The summed E-state index contributed by atoms with van der Waals surface area (Å²) in [4.78, 5) is 6.85. The zero-order chi connectivity index (χ0) is 13.9. The number of nitrogens with one attached hydrogen (secondary N) is 1. The molecule has 0 bridgehead atoms. The number of nitrogens with zero attached hydrogens (tertiary/aromatic N) is 4. The summed E-state index contributed by atoms with van der Waals surface area (Å²) in [6.45, 7) is 6.75. The Labute approximate surface area is 126 Å². The Hall–Kier alpha value is -1.18. The van der Waals surface area contributed by atoms with E-state index in [1.165, 1.54) is 0 Å². The van der Waals surface area contributed by atoms with Crippen molar-refractivity contribution in [2.75, 3.05) is 38.1 Å². The molecule has 0 aromatic carbocycles. The third kappa shape index (κ3) is 2.94. The molecule has 7 heteroatoms. The fourth-order valence-corrected chi connectivity index (χ4v) is 2.77. The van der Waals surface area contributed by atoms with Crippen molar-refractivity contribution in [3.05, 3.63) is 22.8 Å². The number of aromatic nitrogens is 3. The van der Waals surface area contributed by atoms with Crippen LogP contribution in [-0.4, -0.2) is 58.4 Å². The second-order valence-corrected chi connectivity index (χ2v) is 5.68. The Morgan fingerprint density at radius 3 is 3.25 bits per heavy atom. The summed E-state index contributed by atoms with van der Waals surface area (Å²) in [5.41, 5.74) is 0.815. The molecule has 2 aromatic rings. The van der Waals surface area contributed by atoms with Crippen LogP contribution in [0.1, 0.15) is 6.92 Å². The smallest absolute Gasteiger partial charge is 0.243 e. The minimum Gasteiger partial charge on any atom is -0.374 e. The molecular formula is C13H18BrN5O. The first-order valence-electron chi connectivity index (χ1n) is 6.85. The number of anilines is 1. The number of fused-ring (bicyclic) bond motifs is 1. The lowest BCUT2D eigenvalue weighted by atomic mass is 10.2. The molecule has 3 rings (SSSR count). The van der Waals surface area contributed by atoms with Crippen LogP contribution in [0.15, 0.2) is 22.8 Å². The van der Waals surface area contributed by atoms with Crippen molar-refractivity contribution in [3.8, 4) is 0 Å². The average Bonchev–Trinajstić information content (AvgIpc) is 2.90. The molecule has 20 heavy (non-hydrogen) atoms. The molecule has 108 valence electrons. The Morgan fingerprint density at radius 1 is 1.55 bits per heavy atom. The first-order chi connectivity index (χ1) is 9.76. The number of rotatable bonds is 4. The van der Waals surface area contributed by atoms with Gasteiger partial charge in [0.15, 0.2) is 5.65 Å². The van der Waals surface area contributed by atoms with Crippen molar-refractivity contribution in [1.29, 1.82) is 0 Å². The van der Waals surface area contributed by atoms with Crippen molar-refractivity contribution >= 4 is 27.5 Å².